The number of aromatic nitrogens is 2. The van der Waals surface area contributed by atoms with Crippen molar-refractivity contribution in [3.05, 3.63) is 18.0 Å². The van der Waals surface area contributed by atoms with Crippen LogP contribution in [0.3, 0.4) is 0 Å². The van der Waals surface area contributed by atoms with Gasteiger partial charge in [0, 0.05) is 37.9 Å². The molecule has 0 aromatic carbocycles. The van der Waals surface area contributed by atoms with Crippen LogP contribution >= 0.6 is 0 Å². The molecule has 0 bridgehead atoms. The molecule has 0 saturated carbocycles. The van der Waals surface area contributed by atoms with E-state index in [9.17, 15) is 8.42 Å². The van der Waals surface area contributed by atoms with Crippen molar-refractivity contribution in [2.75, 3.05) is 26.4 Å². The van der Waals surface area contributed by atoms with E-state index >= 15 is 0 Å². The lowest BCUT2D eigenvalue weighted by Gasteiger charge is -2.30. The fraction of sp³-hybridized carbons (Fsp3) is 0.750. The highest BCUT2D eigenvalue weighted by molar-refractivity contribution is 7.88. The monoisotopic (exact) mass is 286 g/mol. The first-order chi connectivity index (χ1) is 8.99. The predicted octanol–water partition coefficient (Wildman–Crippen LogP) is 0.274. The Morgan fingerprint density at radius 1 is 1.53 bits per heavy atom. The largest absolute Gasteiger partial charge is 0.316 e. The summed E-state index contributed by atoms with van der Waals surface area (Å²) in [5, 5.41) is 7.41. The van der Waals surface area contributed by atoms with Gasteiger partial charge in [0.25, 0.3) is 0 Å². The van der Waals surface area contributed by atoms with E-state index in [1.807, 2.05) is 24.1 Å². The fourth-order valence-electron chi connectivity index (χ4n) is 2.54. The highest BCUT2D eigenvalue weighted by Crippen LogP contribution is 2.20. The molecule has 2 heterocycles. The molecule has 0 aliphatic carbocycles. The lowest BCUT2D eigenvalue weighted by Crippen LogP contribution is -2.40. The molecular formula is C12H22N4O2S. The number of hydrogen-bond donors (Lipinski definition) is 1. The lowest BCUT2D eigenvalue weighted by molar-refractivity contribution is 0.240. The molecule has 1 saturated heterocycles. The standard InChI is InChI=1S/C12H22N4O2S/c1-13-6-12-7-14-15(9-12)8-11-4-3-5-16(10-11)19(2,17)18/h7,9,11,13H,3-6,8,10H2,1-2H3. The highest BCUT2D eigenvalue weighted by atomic mass is 32.2. The van der Waals surface area contributed by atoms with Crippen LogP contribution in [0, 0.1) is 5.92 Å². The third-order valence-corrected chi connectivity index (χ3v) is 4.73. The molecule has 1 aliphatic heterocycles. The zero-order valence-electron chi connectivity index (χ0n) is 11.5. The van der Waals surface area contributed by atoms with Crippen LogP contribution < -0.4 is 5.32 Å². The molecule has 0 radical (unpaired) electrons. The Kier molecular flexibility index (Phi) is 4.59. The summed E-state index contributed by atoms with van der Waals surface area (Å²) in [6.45, 7) is 2.86. The van der Waals surface area contributed by atoms with Gasteiger partial charge in [-0.1, -0.05) is 0 Å². The van der Waals surface area contributed by atoms with E-state index in [0.717, 1.165) is 31.5 Å². The van der Waals surface area contributed by atoms with Gasteiger partial charge in [-0.25, -0.2) is 12.7 Å². The molecule has 1 N–H and O–H groups in total. The zero-order valence-corrected chi connectivity index (χ0v) is 12.4. The van der Waals surface area contributed by atoms with Crippen LogP contribution in [0.15, 0.2) is 12.4 Å². The molecule has 1 unspecified atom stereocenters. The second-order valence-electron chi connectivity index (χ2n) is 5.23. The number of nitrogens with zero attached hydrogens (tertiary/aromatic N) is 3. The molecule has 2 rings (SSSR count). The summed E-state index contributed by atoms with van der Waals surface area (Å²) < 4.78 is 26.6. The number of nitrogens with one attached hydrogen (secondary N) is 1. The molecule has 1 aromatic rings. The van der Waals surface area contributed by atoms with Gasteiger partial charge < -0.3 is 5.32 Å². The van der Waals surface area contributed by atoms with Crippen LogP contribution in [0.25, 0.3) is 0 Å². The average Bonchev–Trinajstić information content (AvgIpc) is 2.76. The van der Waals surface area contributed by atoms with Crippen molar-refractivity contribution in [2.45, 2.75) is 25.9 Å². The lowest BCUT2D eigenvalue weighted by atomic mass is 10.00. The molecular weight excluding hydrogens is 264 g/mol. The van der Waals surface area contributed by atoms with Gasteiger partial charge >= 0.3 is 0 Å². The Bertz CT molecular complexity index is 512. The summed E-state index contributed by atoms with van der Waals surface area (Å²) >= 11 is 0. The molecule has 19 heavy (non-hydrogen) atoms. The van der Waals surface area contributed by atoms with Gasteiger partial charge in [0.1, 0.15) is 0 Å². The second kappa shape index (κ2) is 6.02. The Hall–Kier alpha value is -0.920. The molecule has 7 heteroatoms. The molecule has 1 aliphatic rings. The van der Waals surface area contributed by atoms with Crippen molar-refractivity contribution >= 4 is 10.0 Å². The molecule has 1 atom stereocenters. The molecule has 6 nitrogen and oxygen atoms in total. The molecule has 1 aromatic heterocycles. The summed E-state index contributed by atoms with van der Waals surface area (Å²) in [6, 6.07) is 0. The fourth-order valence-corrected chi connectivity index (χ4v) is 3.49. The maximum absolute atomic E-state index is 11.6. The van der Waals surface area contributed by atoms with E-state index in [4.69, 9.17) is 0 Å². The van der Waals surface area contributed by atoms with Crippen molar-refractivity contribution in [2.24, 2.45) is 5.92 Å². The minimum Gasteiger partial charge on any atom is -0.316 e. The van der Waals surface area contributed by atoms with Crippen LogP contribution in [0.1, 0.15) is 18.4 Å². The molecule has 108 valence electrons. The summed E-state index contributed by atoms with van der Waals surface area (Å²) in [7, 11) is -1.16. The van der Waals surface area contributed by atoms with Gasteiger partial charge in [-0.2, -0.15) is 5.10 Å². The summed E-state index contributed by atoms with van der Waals surface area (Å²) in [5.74, 6) is 0.353. The van der Waals surface area contributed by atoms with Crippen molar-refractivity contribution < 1.29 is 8.42 Å². The first-order valence-corrected chi connectivity index (χ1v) is 8.45. The third kappa shape index (κ3) is 4.02. The smallest absolute Gasteiger partial charge is 0.211 e. The molecule has 0 amide bonds. The number of rotatable bonds is 5. The maximum atomic E-state index is 11.6. The van der Waals surface area contributed by atoms with Crippen molar-refractivity contribution in [3.8, 4) is 0 Å². The molecule has 1 fully saturated rings. The van der Waals surface area contributed by atoms with E-state index in [0.29, 0.717) is 19.0 Å². The Labute approximate surface area is 114 Å². The van der Waals surface area contributed by atoms with Crippen LogP contribution in [-0.4, -0.2) is 48.9 Å². The van der Waals surface area contributed by atoms with Crippen molar-refractivity contribution in [1.29, 1.82) is 0 Å². The average molecular weight is 286 g/mol. The van der Waals surface area contributed by atoms with Crippen LogP contribution in [0.5, 0.6) is 0 Å². The van der Waals surface area contributed by atoms with Gasteiger partial charge in [-0.15, -0.1) is 0 Å². The van der Waals surface area contributed by atoms with Crippen molar-refractivity contribution in [3.63, 3.8) is 0 Å². The highest BCUT2D eigenvalue weighted by Gasteiger charge is 2.26. The normalized spacial score (nSPS) is 21.7. The predicted molar refractivity (Wildman–Crippen MR) is 74.1 cm³/mol. The summed E-state index contributed by atoms with van der Waals surface area (Å²) in [4.78, 5) is 0. The third-order valence-electron chi connectivity index (χ3n) is 3.46. The van der Waals surface area contributed by atoms with Gasteiger partial charge in [0.05, 0.1) is 12.5 Å². The summed E-state index contributed by atoms with van der Waals surface area (Å²) in [5.41, 5.74) is 1.15. The minimum atomic E-state index is -3.06. The number of hydrogen-bond acceptors (Lipinski definition) is 4. The van der Waals surface area contributed by atoms with E-state index in [1.165, 1.54) is 6.26 Å². The second-order valence-corrected chi connectivity index (χ2v) is 7.21. The van der Waals surface area contributed by atoms with Gasteiger partial charge in [-0.05, 0) is 25.8 Å². The SMILES string of the molecule is CNCc1cnn(CC2CCCN(S(C)(=O)=O)C2)c1. The Morgan fingerprint density at radius 2 is 2.32 bits per heavy atom. The topological polar surface area (TPSA) is 67.2 Å². The van der Waals surface area contributed by atoms with Gasteiger partial charge in [0.2, 0.25) is 10.0 Å². The zero-order chi connectivity index (χ0) is 13.9. The van der Waals surface area contributed by atoms with Crippen LogP contribution in [0.4, 0.5) is 0 Å². The first kappa shape index (κ1) is 14.5. The van der Waals surface area contributed by atoms with E-state index in [-0.39, 0.29) is 0 Å². The van der Waals surface area contributed by atoms with Crippen LogP contribution in [0.2, 0.25) is 0 Å². The van der Waals surface area contributed by atoms with E-state index < -0.39 is 10.0 Å². The molecule has 0 spiro atoms. The first-order valence-electron chi connectivity index (χ1n) is 6.60. The van der Waals surface area contributed by atoms with Gasteiger partial charge in [0.15, 0.2) is 0 Å². The Balaban J connectivity index is 1.94. The van der Waals surface area contributed by atoms with Crippen molar-refractivity contribution in [1.82, 2.24) is 19.4 Å². The van der Waals surface area contributed by atoms with E-state index in [1.54, 1.807) is 4.31 Å². The van der Waals surface area contributed by atoms with Crippen LogP contribution in [-0.2, 0) is 23.1 Å². The summed E-state index contributed by atoms with van der Waals surface area (Å²) in [6.07, 6.45) is 7.16. The minimum absolute atomic E-state index is 0.353. The quantitative estimate of drug-likeness (QED) is 0.844. The Morgan fingerprint density at radius 3 is 3.00 bits per heavy atom. The number of piperidine rings is 1. The van der Waals surface area contributed by atoms with E-state index in [2.05, 4.69) is 10.4 Å². The number of sulfonamides is 1. The maximum Gasteiger partial charge on any atom is 0.211 e. The van der Waals surface area contributed by atoms with Gasteiger partial charge in [-0.3, -0.25) is 4.68 Å².